The van der Waals surface area contributed by atoms with Crippen LogP contribution in [0.3, 0.4) is 0 Å². The van der Waals surface area contributed by atoms with Gasteiger partial charge in [0.25, 0.3) is 0 Å². The molecule has 0 aromatic heterocycles. The molecule has 88 valence electrons. The molecule has 1 fully saturated rings. The Kier molecular flexibility index (Phi) is 4.11. The Morgan fingerprint density at radius 1 is 1.06 bits per heavy atom. The third-order valence-corrected chi connectivity index (χ3v) is 4.35. The fraction of sp³-hybridized carbons (Fsp3) is 0.571. The minimum Gasteiger partial charge on any atom is -0.381 e. The van der Waals surface area contributed by atoms with Gasteiger partial charge in [-0.2, -0.15) is 0 Å². The van der Waals surface area contributed by atoms with E-state index in [2.05, 4.69) is 66.0 Å². The van der Waals surface area contributed by atoms with E-state index < -0.39 is 0 Å². The Morgan fingerprint density at radius 3 is 2.31 bits per heavy atom. The summed E-state index contributed by atoms with van der Waals surface area (Å²) in [5.74, 6) is 1.73. The minimum atomic E-state index is 0.662. The van der Waals surface area contributed by atoms with Gasteiger partial charge in [0, 0.05) is 15.3 Å². The molecule has 1 aliphatic carbocycles. The van der Waals surface area contributed by atoms with Crippen LogP contribution in [0.1, 0.15) is 33.1 Å². The second-order valence-corrected chi connectivity index (χ2v) is 6.40. The summed E-state index contributed by atoms with van der Waals surface area (Å²) >= 11 is 2.40. The van der Waals surface area contributed by atoms with Gasteiger partial charge in [0.05, 0.1) is 0 Å². The van der Waals surface area contributed by atoms with E-state index in [-0.39, 0.29) is 0 Å². The van der Waals surface area contributed by atoms with Crippen molar-refractivity contribution in [3.05, 3.63) is 27.8 Å². The predicted octanol–water partition coefficient (Wildman–Crippen LogP) is 4.53. The number of hydrogen-bond acceptors (Lipinski definition) is 1. The second kappa shape index (κ2) is 5.39. The van der Waals surface area contributed by atoms with Gasteiger partial charge in [0.2, 0.25) is 0 Å². The van der Waals surface area contributed by atoms with Crippen LogP contribution in [-0.2, 0) is 0 Å². The van der Waals surface area contributed by atoms with E-state index in [9.17, 15) is 0 Å². The maximum absolute atomic E-state index is 3.70. The molecular weight excluding hydrogens is 309 g/mol. The van der Waals surface area contributed by atoms with Crippen molar-refractivity contribution in [3.8, 4) is 0 Å². The average molecular weight is 329 g/mol. The molecule has 0 radical (unpaired) electrons. The number of halogens is 1. The average Bonchev–Trinajstić information content (AvgIpc) is 2.20. The first kappa shape index (κ1) is 12.2. The van der Waals surface area contributed by atoms with Crippen molar-refractivity contribution in [1.82, 2.24) is 0 Å². The summed E-state index contributed by atoms with van der Waals surface area (Å²) in [6.07, 6.45) is 4.02. The Balaban J connectivity index is 2.02. The van der Waals surface area contributed by atoms with Gasteiger partial charge in [-0.15, -0.1) is 0 Å². The summed E-state index contributed by atoms with van der Waals surface area (Å²) in [5, 5.41) is 3.70. The third-order valence-electron chi connectivity index (χ3n) is 3.41. The zero-order valence-corrected chi connectivity index (χ0v) is 12.2. The maximum atomic E-state index is 3.70. The fourth-order valence-electron chi connectivity index (χ4n) is 2.86. The highest BCUT2D eigenvalue weighted by Crippen LogP contribution is 2.31. The molecule has 0 spiro atoms. The van der Waals surface area contributed by atoms with Crippen LogP contribution < -0.4 is 5.32 Å². The summed E-state index contributed by atoms with van der Waals surface area (Å²) in [4.78, 5) is 0. The number of anilines is 1. The molecule has 16 heavy (non-hydrogen) atoms. The quantitative estimate of drug-likeness (QED) is 0.786. The van der Waals surface area contributed by atoms with Crippen LogP contribution in [0.25, 0.3) is 0 Å². The SMILES string of the molecule is CC1CC(C)CC(Nc2ccccc2I)C1. The molecule has 1 nitrogen and oxygen atoms in total. The van der Waals surface area contributed by atoms with Gasteiger partial charge in [-0.05, 0) is 65.8 Å². The lowest BCUT2D eigenvalue weighted by molar-refractivity contribution is 0.281. The lowest BCUT2D eigenvalue weighted by atomic mass is 9.80. The van der Waals surface area contributed by atoms with Gasteiger partial charge in [0.15, 0.2) is 0 Å². The molecule has 1 N–H and O–H groups in total. The van der Waals surface area contributed by atoms with Crippen molar-refractivity contribution >= 4 is 28.3 Å². The van der Waals surface area contributed by atoms with Gasteiger partial charge < -0.3 is 5.32 Å². The summed E-state index contributed by atoms with van der Waals surface area (Å²) in [5.41, 5.74) is 1.30. The fourth-order valence-corrected chi connectivity index (χ4v) is 3.41. The second-order valence-electron chi connectivity index (χ2n) is 5.24. The van der Waals surface area contributed by atoms with Crippen molar-refractivity contribution in [3.63, 3.8) is 0 Å². The largest absolute Gasteiger partial charge is 0.381 e. The highest BCUT2D eigenvalue weighted by molar-refractivity contribution is 14.1. The summed E-state index contributed by atoms with van der Waals surface area (Å²) < 4.78 is 1.32. The molecule has 1 aromatic rings. The number of nitrogens with one attached hydrogen (secondary N) is 1. The van der Waals surface area contributed by atoms with E-state index in [1.54, 1.807) is 0 Å². The lowest BCUT2D eigenvalue weighted by Crippen LogP contribution is -2.30. The van der Waals surface area contributed by atoms with Crippen LogP contribution in [-0.4, -0.2) is 6.04 Å². The van der Waals surface area contributed by atoms with Crippen LogP contribution in [0.5, 0.6) is 0 Å². The molecule has 1 aliphatic rings. The Bertz CT molecular complexity index is 340. The molecule has 2 heteroatoms. The number of benzene rings is 1. The molecule has 0 aliphatic heterocycles. The zero-order valence-electron chi connectivity index (χ0n) is 10.0. The standard InChI is InChI=1S/C14H20IN/c1-10-7-11(2)9-12(8-10)16-14-6-4-3-5-13(14)15/h3-6,10-12,16H,7-9H2,1-2H3. The maximum Gasteiger partial charge on any atom is 0.0478 e. The van der Waals surface area contributed by atoms with Gasteiger partial charge in [-0.25, -0.2) is 0 Å². The van der Waals surface area contributed by atoms with Crippen LogP contribution in [0, 0.1) is 15.4 Å². The third kappa shape index (κ3) is 3.12. The van der Waals surface area contributed by atoms with Crippen LogP contribution >= 0.6 is 22.6 Å². The zero-order chi connectivity index (χ0) is 11.5. The molecular formula is C14H20IN. The topological polar surface area (TPSA) is 12.0 Å². The van der Waals surface area contributed by atoms with Crippen molar-refractivity contribution in [2.45, 2.75) is 39.2 Å². The Hall–Kier alpha value is -0.250. The van der Waals surface area contributed by atoms with Gasteiger partial charge >= 0.3 is 0 Å². The Labute approximate surface area is 112 Å². The molecule has 0 heterocycles. The summed E-state index contributed by atoms with van der Waals surface area (Å²) in [6, 6.07) is 9.22. The highest BCUT2D eigenvalue weighted by Gasteiger charge is 2.23. The number of rotatable bonds is 2. The molecule has 2 atom stereocenters. The van der Waals surface area contributed by atoms with Gasteiger partial charge in [-0.3, -0.25) is 0 Å². The lowest BCUT2D eigenvalue weighted by Gasteiger charge is -2.32. The predicted molar refractivity (Wildman–Crippen MR) is 78.7 cm³/mol. The van der Waals surface area contributed by atoms with Crippen molar-refractivity contribution in [1.29, 1.82) is 0 Å². The first-order valence-electron chi connectivity index (χ1n) is 6.16. The Morgan fingerprint density at radius 2 is 1.69 bits per heavy atom. The van der Waals surface area contributed by atoms with E-state index in [1.807, 2.05) is 0 Å². The van der Waals surface area contributed by atoms with Crippen LogP contribution in [0.15, 0.2) is 24.3 Å². The number of hydrogen-bond donors (Lipinski definition) is 1. The molecule has 1 saturated carbocycles. The summed E-state index contributed by atoms with van der Waals surface area (Å²) in [6.45, 7) is 4.75. The first-order chi connectivity index (χ1) is 7.65. The van der Waals surface area contributed by atoms with E-state index in [4.69, 9.17) is 0 Å². The van der Waals surface area contributed by atoms with Crippen molar-refractivity contribution < 1.29 is 0 Å². The number of para-hydroxylation sites is 1. The minimum absolute atomic E-state index is 0.662. The molecule has 2 unspecified atom stereocenters. The van der Waals surface area contributed by atoms with Gasteiger partial charge in [0.1, 0.15) is 0 Å². The van der Waals surface area contributed by atoms with Crippen molar-refractivity contribution in [2.75, 3.05) is 5.32 Å². The van der Waals surface area contributed by atoms with E-state index in [0.29, 0.717) is 6.04 Å². The van der Waals surface area contributed by atoms with E-state index in [0.717, 1.165) is 11.8 Å². The highest BCUT2D eigenvalue weighted by atomic mass is 127. The molecule has 0 saturated heterocycles. The molecule has 2 rings (SSSR count). The smallest absolute Gasteiger partial charge is 0.0478 e. The van der Waals surface area contributed by atoms with E-state index >= 15 is 0 Å². The van der Waals surface area contributed by atoms with Crippen LogP contribution in [0.2, 0.25) is 0 Å². The molecule has 0 bridgehead atoms. The monoisotopic (exact) mass is 329 g/mol. The van der Waals surface area contributed by atoms with Crippen molar-refractivity contribution in [2.24, 2.45) is 11.8 Å². The molecule has 1 aromatic carbocycles. The molecule has 0 amide bonds. The first-order valence-corrected chi connectivity index (χ1v) is 7.24. The van der Waals surface area contributed by atoms with Gasteiger partial charge in [-0.1, -0.05) is 26.0 Å². The van der Waals surface area contributed by atoms with Crippen LogP contribution in [0.4, 0.5) is 5.69 Å². The van der Waals surface area contributed by atoms with E-state index in [1.165, 1.54) is 28.5 Å². The summed E-state index contributed by atoms with van der Waals surface area (Å²) in [7, 11) is 0. The normalized spacial score (nSPS) is 30.1.